The van der Waals surface area contributed by atoms with Crippen LogP contribution in [-0.2, 0) is 7.05 Å². The lowest BCUT2D eigenvalue weighted by molar-refractivity contribution is -0.647. The van der Waals surface area contributed by atoms with Crippen LogP contribution in [0.5, 0.6) is 0 Å². The molecule has 0 aromatic carbocycles. The largest absolute Gasteiger partial charge is 0.358 e. The normalized spacial score (nSPS) is 10.5. The van der Waals surface area contributed by atoms with Crippen LogP contribution in [-0.4, -0.2) is 15.0 Å². The molecule has 2 aromatic rings. The number of aromatic amines is 1. The molecule has 13 heavy (non-hydrogen) atoms. The number of aryl methyl sites for hydroxylation is 1. The molecule has 2 aromatic heterocycles. The number of hydrogen-bond donors (Lipinski definition) is 2. The molecule has 0 aliphatic heterocycles. The lowest BCUT2D eigenvalue weighted by Gasteiger charge is -1.93. The summed E-state index contributed by atoms with van der Waals surface area (Å²) in [5, 5.41) is 0. The molecule has 6 heteroatoms. The van der Waals surface area contributed by atoms with E-state index < -0.39 is 0 Å². The number of fused-ring (bicyclic) bond motifs is 1. The van der Waals surface area contributed by atoms with Crippen molar-refractivity contribution < 1.29 is 4.57 Å². The molecule has 0 radical (unpaired) electrons. The van der Waals surface area contributed by atoms with Crippen LogP contribution in [0.15, 0.2) is 17.2 Å². The van der Waals surface area contributed by atoms with Gasteiger partial charge in [-0.25, -0.2) is 9.55 Å². The molecule has 0 saturated carbocycles. The molecule has 3 N–H and O–H groups in total. The van der Waals surface area contributed by atoms with Crippen LogP contribution >= 0.6 is 0 Å². The minimum Gasteiger partial charge on any atom is -0.348 e. The lowest BCUT2D eigenvalue weighted by atomic mass is 10.5. The first kappa shape index (κ1) is 7.66. The van der Waals surface area contributed by atoms with Gasteiger partial charge in [0.05, 0.1) is 13.2 Å². The number of aromatic nitrogens is 4. The van der Waals surface area contributed by atoms with Crippen molar-refractivity contribution in [3.63, 3.8) is 0 Å². The fraction of sp³-hybridized carbons (Fsp3) is 0.143. The second-order valence-corrected chi connectivity index (χ2v) is 2.66. The predicted molar refractivity (Wildman–Crippen MR) is 45.7 cm³/mol. The highest BCUT2D eigenvalue weighted by molar-refractivity contribution is 5.65. The summed E-state index contributed by atoms with van der Waals surface area (Å²) < 4.78 is 1.69. The number of nitrogens with zero attached hydrogens (tertiary/aromatic N) is 3. The highest BCUT2D eigenvalue weighted by Gasteiger charge is 2.12. The number of nitrogen functional groups attached to an aromatic ring is 1. The molecule has 0 saturated heterocycles. The fourth-order valence-corrected chi connectivity index (χ4v) is 1.11. The van der Waals surface area contributed by atoms with E-state index in [4.69, 9.17) is 5.73 Å². The Balaban J connectivity index is 3.03. The van der Waals surface area contributed by atoms with Crippen molar-refractivity contribution in [2.75, 3.05) is 5.73 Å². The quantitative estimate of drug-likeness (QED) is 0.492. The fourth-order valence-electron chi connectivity index (χ4n) is 1.11. The molecule has 0 aliphatic rings. The molecule has 0 atom stereocenters. The minimum atomic E-state index is -0.321. The summed E-state index contributed by atoms with van der Waals surface area (Å²) in [4.78, 5) is 21.5. The van der Waals surface area contributed by atoms with Gasteiger partial charge in [0.15, 0.2) is 0 Å². The van der Waals surface area contributed by atoms with Crippen LogP contribution in [0.1, 0.15) is 0 Å². The van der Waals surface area contributed by atoms with Gasteiger partial charge in [-0.05, 0) is 4.98 Å². The van der Waals surface area contributed by atoms with Crippen molar-refractivity contribution in [2.24, 2.45) is 7.05 Å². The summed E-state index contributed by atoms with van der Waals surface area (Å²) in [6, 6.07) is 0. The van der Waals surface area contributed by atoms with E-state index in [0.29, 0.717) is 11.2 Å². The van der Waals surface area contributed by atoms with E-state index >= 15 is 0 Å². The van der Waals surface area contributed by atoms with Crippen LogP contribution in [0.4, 0.5) is 5.95 Å². The maximum Gasteiger partial charge on any atom is 0.358 e. The summed E-state index contributed by atoms with van der Waals surface area (Å²) in [6.07, 6.45) is 3.24. The van der Waals surface area contributed by atoms with Gasteiger partial charge in [0.2, 0.25) is 5.52 Å². The van der Waals surface area contributed by atoms with E-state index in [1.165, 1.54) is 6.20 Å². The Morgan fingerprint density at radius 2 is 2.38 bits per heavy atom. The Hall–Kier alpha value is -1.98. The van der Waals surface area contributed by atoms with Gasteiger partial charge in [0.25, 0.3) is 5.56 Å². The molecule has 0 aliphatic carbocycles. The Morgan fingerprint density at radius 1 is 1.62 bits per heavy atom. The van der Waals surface area contributed by atoms with Crippen LogP contribution < -0.4 is 15.9 Å². The summed E-state index contributed by atoms with van der Waals surface area (Å²) in [7, 11) is 1.77. The Kier molecular flexibility index (Phi) is 1.48. The Labute approximate surface area is 73.1 Å². The Bertz CT molecular complexity index is 518. The number of nitrogens with one attached hydrogen (secondary N) is 1. The topological polar surface area (TPSA) is 88.5 Å². The van der Waals surface area contributed by atoms with Gasteiger partial charge in [-0.2, -0.15) is 0 Å². The molecule has 0 bridgehead atoms. The van der Waals surface area contributed by atoms with Crippen molar-refractivity contribution >= 4 is 17.1 Å². The number of hydrogen-bond acceptors (Lipinski definition) is 4. The van der Waals surface area contributed by atoms with E-state index in [1.807, 2.05) is 0 Å². The summed E-state index contributed by atoms with van der Waals surface area (Å²) >= 11 is 0. The minimum absolute atomic E-state index is 0.0982. The monoisotopic (exact) mass is 178 g/mol. The van der Waals surface area contributed by atoms with Crippen molar-refractivity contribution in [3.8, 4) is 0 Å². The molecule has 0 unspecified atom stereocenters. The van der Waals surface area contributed by atoms with E-state index in [9.17, 15) is 4.79 Å². The zero-order valence-electron chi connectivity index (χ0n) is 6.98. The van der Waals surface area contributed by atoms with E-state index in [1.54, 1.807) is 17.8 Å². The smallest absolute Gasteiger partial charge is 0.348 e. The number of rotatable bonds is 0. The molecule has 2 rings (SSSR count). The van der Waals surface area contributed by atoms with Gasteiger partial charge in [-0.1, -0.05) is 0 Å². The van der Waals surface area contributed by atoms with Gasteiger partial charge in [0, 0.05) is 0 Å². The van der Waals surface area contributed by atoms with Crippen molar-refractivity contribution in [1.82, 2.24) is 15.0 Å². The third-order valence-electron chi connectivity index (χ3n) is 1.72. The maximum atomic E-state index is 11.3. The van der Waals surface area contributed by atoms with Gasteiger partial charge in [-0.15, -0.1) is 0 Å². The predicted octanol–water partition coefficient (Wildman–Crippen LogP) is -1.28. The van der Waals surface area contributed by atoms with Gasteiger partial charge in [-0.3, -0.25) is 9.78 Å². The van der Waals surface area contributed by atoms with E-state index in [0.717, 1.165) is 0 Å². The molecule has 0 fully saturated rings. The van der Waals surface area contributed by atoms with Crippen LogP contribution in [0.2, 0.25) is 0 Å². The second-order valence-electron chi connectivity index (χ2n) is 2.66. The Morgan fingerprint density at radius 3 is 3.15 bits per heavy atom. The third kappa shape index (κ3) is 1.12. The van der Waals surface area contributed by atoms with Gasteiger partial charge in [0.1, 0.15) is 6.20 Å². The van der Waals surface area contributed by atoms with E-state index in [2.05, 4.69) is 15.0 Å². The highest BCUT2D eigenvalue weighted by atomic mass is 16.1. The lowest BCUT2D eigenvalue weighted by Crippen LogP contribution is -2.32. The first-order valence-corrected chi connectivity index (χ1v) is 3.68. The molecule has 6 nitrogen and oxygen atoms in total. The number of H-pyrrole nitrogens is 1. The maximum absolute atomic E-state index is 11.3. The van der Waals surface area contributed by atoms with Gasteiger partial charge >= 0.3 is 11.6 Å². The first-order valence-electron chi connectivity index (χ1n) is 3.68. The van der Waals surface area contributed by atoms with Crippen LogP contribution in [0.25, 0.3) is 11.2 Å². The van der Waals surface area contributed by atoms with E-state index in [-0.39, 0.29) is 11.5 Å². The number of anilines is 1. The summed E-state index contributed by atoms with van der Waals surface area (Å²) in [5.74, 6) is 0.0982. The average molecular weight is 178 g/mol. The summed E-state index contributed by atoms with van der Waals surface area (Å²) in [6.45, 7) is 0. The summed E-state index contributed by atoms with van der Waals surface area (Å²) in [5.41, 5.74) is 5.83. The second kappa shape index (κ2) is 2.51. The molecule has 2 heterocycles. The molecular weight excluding hydrogens is 170 g/mol. The SMILES string of the molecule is C[n+]1ccnc2c(=O)[nH]c(N)nc21. The van der Waals surface area contributed by atoms with Crippen molar-refractivity contribution in [3.05, 3.63) is 22.7 Å². The van der Waals surface area contributed by atoms with Crippen molar-refractivity contribution in [2.45, 2.75) is 0 Å². The number of nitrogens with two attached hydrogens (primary N) is 1. The molecule has 0 spiro atoms. The molecular formula is C7H8N5O+. The first-order chi connectivity index (χ1) is 6.18. The van der Waals surface area contributed by atoms with Crippen molar-refractivity contribution in [1.29, 1.82) is 0 Å². The third-order valence-corrected chi connectivity index (χ3v) is 1.72. The van der Waals surface area contributed by atoms with Crippen LogP contribution in [0.3, 0.4) is 0 Å². The zero-order valence-corrected chi connectivity index (χ0v) is 6.98. The average Bonchev–Trinajstić information content (AvgIpc) is 2.07. The van der Waals surface area contributed by atoms with Crippen LogP contribution in [0, 0.1) is 0 Å². The highest BCUT2D eigenvalue weighted by Crippen LogP contribution is 1.96. The molecule has 0 amide bonds. The van der Waals surface area contributed by atoms with Gasteiger partial charge < -0.3 is 5.73 Å². The zero-order chi connectivity index (χ0) is 9.42. The molecule has 66 valence electrons. The standard InChI is InChI=1S/C7H7N5O/c1-12-3-2-9-4-5(12)10-7(8)11-6(4)13/h2-3H,1H3,(H2,8,11,13)/p+1.